The Morgan fingerprint density at radius 1 is 1.53 bits per heavy atom. The minimum Gasteiger partial charge on any atom is -0.481 e. The summed E-state index contributed by atoms with van der Waals surface area (Å²) in [6.07, 6.45) is 5.11. The SMILES string of the molecule is C#CCOc1cccc(C2=NCCO2)c1. The largest absolute Gasteiger partial charge is 0.481 e. The summed E-state index contributed by atoms with van der Waals surface area (Å²) >= 11 is 0. The topological polar surface area (TPSA) is 30.8 Å². The summed E-state index contributed by atoms with van der Waals surface area (Å²) in [4.78, 5) is 4.23. The first-order valence-corrected chi connectivity index (χ1v) is 4.74. The van der Waals surface area contributed by atoms with Crippen LogP contribution in [0.5, 0.6) is 5.75 Å². The average Bonchev–Trinajstić information content (AvgIpc) is 2.80. The van der Waals surface area contributed by atoms with Crippen molar-refractivity contribution in [2.24, 2.45) is 4.99 Å². The number of aliphatic imine (C=N–C) groups is 1. The molecule has 0 atom stereocenters. The predicted molar refractivity (Wildman–Crippen MR) is 58.1 cm³/mol. The third kappa shape index (κ3) is 2.29. The lowest BCUT2D eigenvalue weighted by molar-refractivity contribution is 0.347. The van der Waals surface area contributed by atoms with Gasteiger partial charge in [-0.3, -0.25) is 0 Å². The fourth-order valence-electron chi connectivity index (χ4n) is 1.35. The Morgan fingerprint density at radius 3 is 3.20 bits per heavy atom. The molecule has 0 radical (unpaired) electrons. The van der Waals surface area contributed by atoms with Crippen molar-refractivity contribution in [1.29, 1.82) is 0 Å². The van der Waals surface area contributed by atoms with Gasteiger partial charge in [0.25, 0.3) is 0 Å². The Hall–Kier alpha value is -1.95. The van der Waals surface area contributed by atoms with E-state index in [1.807, 2.05) is 24.3 Å². The number of terminal acetylenes is 1. The van der Waals surface area contributed by atoms with Crippen LogP contribution in [-0.2, 0) is 4.74 Å². The molecule has 0 amide bonds. The fourth-order valence-corrected chi connectivity index (χ4v) is 1.35. The first-order chi connectivity index (χ1) is 7.40. The number of ether oxygens (including phenoxy) is 2. The van der Waals surface area contributed by atoms with Crippen LogP contribution in [0.15, 0.2) is 29.3 Å². The second kappa shape index (κ2) is 4.52. The van der Waals surface area contributed by atoms with E-state index in [0.29, 0.717) is 12.5 Å². The van der Waals surface area contributed by atoms with E-state index in [9.17, 15) is 0 Å². The van der Waals surface area contributed by atoms with Crippen molar-refractivity contribution in [3.63, 3.8) is 0 Å². The molecule has 2 rings (SSSR count). The molecule has 76 valence electrons. The molecule has 3 heteroatoms. The average molecular weight is 201 g/mol. The van der Waals surface area contributed by atoms with E-state index < -0.39 is 0 Å². The summed E-state index contributed by atoms with van der Waals surface area (Å²) in [5.74, 6) is 3.84. The van der Waals surface area contributed by atoms with E-state index in [1.54, 1.807) is 0 Å². The maximum atomic E-state index is 5.35. The second-order valence-electron chi connectivity index (χ2n) is 3.06. The van der Waals surface area contributed by atoms with Gasteiger partial charge in [-0.1, -0.05) is 12.0 Å². The van der Waals surface area contributed by atoms with Crippen molar-refractivity contribution < 1.29 is 9.47 Å². The van der Waals surface area contributed by atoms with Crippen LogP contribution >= 0.6 is 0 Å². The molecule has 1 aromatic rings. The van der Waals surface area contributed by atoms with Gasteiger partial charge >= 0.3 is 0 Å². The van der Waals surface area contributed by atoms with E-state index in [2.05, 4.69) is 10.9 Å². The smallest absolute Gasteiger partial charge is 0.216 e. The summed E-state index contributed by atoms with van der Waals surface area (Å²) in [5.41, 5.74) is 0.932. The Bertz CT molecular complexity index is 418. The van der Waals surface area contributed by atoms with E-state index in [-0.39, 0.29) is 6.61 Å². The quantitative estimate of drug-likeness (QED) is 0.693. The highest BCUT2D eigenvalue weighted by Gasteiger charge is 2.10. The molecule has 0 N–H and O–H groups in total. The predicted octanol–water partition coefficient (Wildman–Crippen LogP) is 1.48. The van der Waals surface area contributed by atoms with Crippen molar-refractivity contribution in [1.82, 2.24) is 0 Å². The van der Waals surface area contributed by atoms with Gasteiger partial charge in [-0.25, -0.2) is 4.99 Å². The number of rotatable bonds is 3. The van der Waals surface area contributed by atoms with Gasteiger partial charge in [0.15, 0.2) is 0 Å². The number of nitrogens with zero attached hydrogens (tertiary/aromatic N) is 1. The highest BCUT2D eigenvalue weighted by Crippen LogP contribution is 2.15. The molecule has 0 saturated heterocycles. The first-order valence-electron chi connectivity index (χ1n) is 4.74. The van der Waals surface area contributed by atoms with Crippen LogP contribution in [0.4, 0.5) is 0 Å². The Labute approximate surface area is 88.7 Å². The highest BCUT2D eigenvalue weighted by atomic mass is 16.5. The van der Waals surface area contributed by atoms with Gasteiger partial charge in [0.2, 0.25) is 5.90 Å². The summed E-state index contributed by atoms with van der Waals surface area (Å²) in [6, 6.07) is 7.57. The minimum atomic E-state index is 0.275. The van der Waals surface area contributed by atoms with Crippen LogP contribution < -0.4 is 4.74 Å². The molecule has 0 aromatic heterocycles. The zero-order valence-corrected chi connectivity index (χ0v) is 8.27. The molecule has 1 aromatic carbocycles. The molecule has 15 heavy (non-hydrogen) atoms. The van der Waals surface area contributed by atoms with Crippen LogP contribution in [0.1, 0.15) is 5.56 Å². The molecular weight excluding hydrogens is 190 g/mol. The molecule has 0 spiro atoms. The molecule has 0 unspecified atom stereocenters. The van der Waals surface area contributed by atoms with Crippen LogP contribution in [0, 0.1) is 12.3 Å². The third-order valence-electron chi connectivity index (χ3n) is 1.99. The van der Waals surface area contributed by atoms with Gasteiger partial charge < -0.3 is 9.47 Å². The molecule has 1 heterocycles. The zero-order chi connectivity index (χ0) is 10.5. The van der Waals surface area contributed by atoms with Gasteiger partial charge in [0.1, 0.15) is 19.0 Å². The summed E-state index contributed by atoms with van der Waals surface area (Å²) < 4.78 is 10.7. The summed E-state index contributed by atoms with van der Waals surface area (Å²) in [6.45, 7) is 1.66. The van der Waals surface area contributed by atoms with E-state index >= 15 is 0 Å². The molecule has 0 saturated carbocycles. The molecule has 3 nitrogen and oxygen atoms in total. The lowest BCUT2D eigenvalue weighted by Gasteiger charge is -2.05. The van der Waals surface area contributed by atoms with Crippen molar-refractivity contribution in [2.45, 2.75) is 0 Å². The molecule has 1 aliphatic rings. The molecule has 0 bridgehead atoms. The van der Waals surface area contributed by atoms with Crippen molar-refractivity contribution in [2.75, 3.05) is 19.8 Å². The maximum absolute atomic E-state index is 5.35. The number of hydrogen-bond donors (Lipinski definition) is 0. The maximum Gasteiger partial charge on any atom is 0.216 e. The van der Waals surface area contributed by atoms with E-state index in [0.717, 1.165) is 17.9 Å². The highest BCUT2D eigenvalue weighted by molar-refractivity contribution is 5.95. The van der Waals surface area contributed by atoms with Crippen molar-refractivity contribution in [3.05, 3.63) is 29.8 Å². The van der Waals surface area contributed by atoms with Gasteiger partial charge in [-0.2, -0.15) is 0 Å². The third-order valence-corrected chi connectivity index (χ3v) is 1.99. The van der Waals surface area contributed by atoms with Crippen molar-refractivity contribution >= 4 is 5.90 Å². The van der Waals surface area contributed by atoms with Gasteiger partial charge in [0, 0.05) is 5.56 Å². The number of benzene rings is 1. The molecule has 0 aliphatic carbocycles. The summed E-state index contributed by atoms with van der Waals surface area (Å²) in [7, 11) is 0. The lowest BCUT2D eigenvalue weighted by atomic mass is 10.2. The Kier molecular flexibility index (Phi) is 2.89. The molecule has 0 fully saturated rings. The molecule has 1 aliphatic heterocycles. The molecular formula is C12H11NO2. The second-order valence-corrected chi connectivity index (χ2v) is 3.06. The minimum absolute atomic E-state index is 0.275. The van der Waals surface area contributed by atoms with E-state index in [4.69, 9.17) is 15.9 Å². The van der Waals surface area contributed by atoms with Gasteiger partial charge in [0.05, 0.1) is 6.54 Å². The van der Waals surface area contributed by atoms with Gasteiger partial charge in [-0.05, 0) is 18.2 Å². The number of hydrogen-bond acceptors (Lipinski definition) is 3. The van der Waals surface area contributed by atoms with Crippen LogP contribution in [0.25, 0.3) is 0 Å². The van der Waals surface area contributed by atoms with E-state index in [1.165, 1.54) is 0 Å². The Balaban J connectivity index is 2.15. The standard InChI is InChI=1S/C12H11NO2/c1-2-7-14-11-5-3-4-10(9-11)12-13-6-8-15-12/h1,3-5,9H,6-8H2. The lowest BCUT2D eigenvalue weighted by Crippen LogP contribution is -2.02. The zero-order valence-electron chi connectivity index (χ0n) is 8.27. The van der Waals surface area contributed by atoms with Crippen LogP contribution in [-0.4, -0.2) is 25.7 Å². The Morgan fingerprint density at radius 2 is 2.47 bits per heavy atom. The van der Waals surface area contributed by atoms with Crippen LogP contribution in [0.2, 0.25) is 0 Å². The fraction of sp³-hybridized carbons (Fsp3) is 0.250. The normalized spacial score (nSPS) is 13.9. The summed E-state index contributed by atoms with van der Waals surface area (Å²) in [5, 5.41) is 0. The van der Waals surface area contributed by atoms with Crippen LogP contribution in [0.3, 0.4) is 0 Å². The monoisotopic (exact) mass is 201 g/mol. The van der Waals surface area contributed by atoms with Gasteiger partial charge in [-0.15, -0.1) is 6.42 Å². The van der Waals surface area contributed by atoms with Crippen molar-refractivity contribution in [3.8, 4) is 18.1 Å². The first kappa shape index (κ1) is 9.60.